The summed E-state index contributed by atoms with van der Waals surface area (Å²) >= 11 is 0. The number of carbonyl (C=O) groups is 2. The number of anilines is 1. The second-order valence-electron chi connectivity index (χ2n) is 4.77. The van der Waals surface area contributed by atoms with Gasteiger partial charge in [-0.1, -0.05) is 12.1 Å². The molecule has 0 unspecified atom stereocenters. The van der Waals surface area contributed by atoms with Crippen LogP contribution in [0, 0.1) is 5.41 Å². The minimum absolute atomic E-state index is 0.0553. The second-order valence-corrected chi connectivity index (χ2v) is 4.77. The highest BCUT2D eigenvalue weighted by Gasteiger charge is 2.30. The summed E-state index contributed by atoms with van der Waals surface area (Å²) in [5.41, 5.74) is 0.243. The summed E-state index contributed by atoms with van der Waals surface area (Å²) in [7, 11) is 0. The van der Waals surface area contributed by atoms with E-state index in [1.54, 1.807) is 24.3 Å². The molecule has 0 saturated carbocycles. The molecule has 1 rings (SSSR count). The van der Waals surface area contributed by atoms with E-state index in [1.165, 1.54) is 13.8 Å². The van der Waals surface area contributed by atoms with Gasteiger partial charge >= 0.3 is 5.97 Å². The van der Waals surface area contributed by atoms with Crippen molar-refractivity contribution in [1.82, 2.24) is 0 Å². The van der Waals surface area contributed by atoms with E-state index in [4.69, 9.17) is 10.2 Å². The SMILES string of the molecule is CC(C)(CC(=O)Nc1ccc(CO)cc1)C(=O)O. The molecule has 0 aromatic heterocycles. The van der Waals surface area contributed by atoms with Crippen LogP contribution in [0.25, 0.3) is 0 Å². The van der Waals surface area contributed by atoms with E-state index in [0.717, 1.165) is 5.56 Å². The van der Waals surface area contributed by atoms with Crippen LogP contribution < -0.4 is 5.32 Å². The van der Waals surface area contributed by atoms with Crippen molar-refractivity contribution in [3.05, 3.63) is 29.8 Å². The molecule has 1 aromatic carbocycles. The lowest BCUT2D eigenvalue weighted by atomic mass is 9.89. The first-order valence-electron chi connectivity index (χ1n) is 5.58. The molecule has 18 heavy (non-hydrogen) atoms. The Labute approximate surface area is 105 Å². The number of rotatable bonds is 5. The zero-order valence-corrected chi connectivity index (χ0v) is 10.4. The van der Waals surface area contributed by atoms with Gasteiger partial charge in [0.05, 0.1) is 12.0 Å². The highest BCUT2D eigenvalue weighted by molar-refractivity contribution is 5.94. The van der Waals surface area contributed by atoms with Gasteiger partial charge in [-0.15, -0.1) is 0 Å². The average molecular weight is 251 g/mol. The molecule has 1 amide bonds. The second kappa shape index (κ2) is 5.64. The maximum Gasteiger partial charge on any atom is 0.309 e. The van der Waals surface area contributed by atoms with Gasteiger partial charge in [-0.2, -0.15) is 0 Å². The summed E-state index contributed by atoms with van der Waals surface area (Å²) in [6.45, 7) is 2.95. The molecule has 0 spiro atoms. The molecule has 0 radical (unpaired) electrons. The zero-order chi connectivity index (χ0) is 13.8. The zero-order valence-electron chi connectivity index (χ0n) is 10.4. The van der Waals surface area contributed by atoms with Crippen LogP contribution in [0.4, 0.5) is 5.69 Å². The molecule has 1 aromatic rings. The van der Waals surface area contributed by atoms with Crippen LogP contribution in [0.15, 0.2) is 24.3 Å². The first kappa shape index (κ1) is 14.2. The maximum atomic E-state index is 11.7. The van der Waals surface area contributed by atoms with Crippen molar-refractivity contribution in [2.45, 2.75) is 26.9 Å². The smallest absolute Gasteiger partial charge is 0.309 e. The number of aliphatic hydroxyl groups excluding tert-OH is 1. The third-order valence-corrected chi connectivity index (χ3v) is 2.60. The minimum atomic E-state index is -1.09. The summed E-state index contributed by atoms with van der Waals surface area (Å²) in [5.74, 6) is -1.35. The Hall–Kier alpha value is -1.88. The van der Waals surface area contributed by atoms with E-state index in [0.29, 0.717) is 5.69 Å². The van der Waals surface area contributed by atoms with Gasteiger partial charge in [-0.3, -0.25) is 9.59 Å². The summed E-state index contributed by atoms with van der Waals surface area (Å²) in [5, 5.41) is 20.4. The first-order chi connectivity index (χ1) is 8.35. The van der Waals surface area contributed by atoms with Crippen molar-refractivity contribution in [3.8, 4) is 0 Å². The predicted octanol–water partition coefficient (Wildman–Crippen LogP) is 1.62. The van der Waals surface area contributed by atoms with E-state index < -0.39 is 11.4 Å². The van der Waals surface area contributed by atoms with Crippen LogP contribution in [-0.4, -0.2) is 22.1 Å². The van der Waals surface area contributed by atoms with Gasteiger partial charge in [0, 0.05) is 12.1 Å². The number of hydrogen-bond donors (Lipinski definition) is 3. The van der Waals surface area contributed by atoms with Crippen LogP contribution in [0.3, 0.4) is 0 Å². The molecule has 0 aliphatic heterocycles. The number of aliphatic carboxylic acids is 1. The number of benzene rings is 1. The number of carboxylic acid groups (broad SMARTS) is 1. The average Bonchev–Trinajstić information content (AvgIpc) is 2.29. The van der Waals surface area contributed by atoms with Gasteiger partial charge in [0.15, 0.2) is 0 Å². The van der Waals surface area contributed by atoms with Crippen molar-refractivity contribution in [2.24, 2.45) is 5.41 Å². The van der Waals surface area contributed by atoms with Crippen LogP contribution in [0.5, 0.6) is 0 Å². The highest BCUT2D eigenvalue weighted by atomic mass is 16.4. The van der Waals surface area contributed by atoms with E-state index in [2.05, 4.69) is 5.32 Å². The lowest BCUT2D eigenvalue weighted by molar-refractivity contribution is -0.148. The predicted molar refractivity (Wildman–Crippen MR) is 67.0 cm³/mol. The Bertz CT molecular complexity index is 437. The summed E-state index contributed by atoms with van der Waals surface area (Å²) in [4.78, 5) is 22.5. The number of nitrogens with one attached hydrogen (secondary N) is 1. The summed E-state index contributed by atoms with van der Waals surface area (Å²) in [6, 6.07) is 6.71. The molecule has 0 atom stereocenters. The van der Waals surface area contributed by atoms with E-state index in [-0.39, 0.29) is 18.9 Å². The van der Waals surface area contributed by atoms with Crippen molar-refractivity contribution in [1.29, 1.82) is 0 Å². The molecule has 0 aliphatic carbocycles. The third-order valence-electron chi connectivity index (χ3n) is 2.60. The Morgan fingerprint density at radius 3 is 2.22 bits per heavy atom. The van der Waals surface area contributed by atoms with Gasteiger partial charge in [0.2, 0.25) is 5.91 Å². The fraction of sp³-hybridized carbons (Fsp3) is 0.385. The largest absolute Gasteiger partial charge is 0.481 e. The molecule has 3 N–H and O–H groups in total. The molecule has 5 nitrogen and oxygen atoms in total. The minimum Gasteiger partial charge on any atom is -0.481 e. The molecule has 0 heterocycles. The van der Waals surface area contributed by atoms with Crippen LogP contribution in [0.2, 0.25) is 0 Å². The standard InChI is InChI=1S/C13H17NO4/c1-13(2,12(17)18)7-11(16)14-10-5-3-9(8-15)4-6-10/h3-6,15H,7-8H2,1-2H3,(H,14,16)(H,17,18). The van der Waals surface area contributed by atoms with Gasteiger partial charge in [-0.25, -0.2) is 0 Å². The van der Waals surface area contributed by atoms with Crippen molar-refractivity contribution < 1.29 is 19.8 Å². The monoisotopic (exact) mass is 251 g/mol. The fourth-order valence-corrected chi connectivity index (χ4v) is 1.38. The van der Waals surface area contributed by atoms with Gasteiger partial charge < -0.3 is 15.5 Å². The normalized spacial score (nSPS) is 11.1. The van der Waals surface area contributed by atoms with E-state index in [1.807, 2.05) is 0 Å². The van der Waals surface area contributed by atoms with Gasteiger partial charge in [0.25, 0.3) is 0 Å². The lowest BCUT2D eigenvalue weighted by Gasteiger charge is -2.18. The first-order valence-corrected chi connectivity index (χ1v) is 5.58. The van der Waals surface area contributed by atoms with Gasteiger partial charge in [-0.05, 0) is 31.5 Å². The van der Waals surface area contributed by atoms with Crippen LogP contribution in [0.1, 0.15) is 25.8 Å². The Morgan fingerprint density at radius 1 is 1.22 bits per heavy atom. The Balaban J connectivity index is 2.62. The highest BCUT2D eigenvalue weighted by Crippen LogP contribution is 2.21. The number of carboxylic acids is 1. The number of hydrogen-bond acceptors (Lipinski definition) is 3. The van der Waals surface area contributed by atoms with E-state index >= 15 is 0 Å². The molecule has 0 saturated heterocycles. The molecular weight excluding hydrogens is 234 g/mol. The molecule has 5 heteroatoms. The molecule has 0 aliphatic rings. The Kier molecular flexibility index (Phi) is 4.44. The van der Waals surface area contributed by atoms with Gasteiger partial charge in [0.1, 0.15) is 0 Å². The number of aliphatic hydroxyl groups is 1. The number of carbonyl (C=O) groups excluding carboxylic acids is 1. The molecule has 98 valence electrons. The summed E-state index contributed by atoms with van der Waals surface area (Å²) < 4.78 is 0. The van der Waals surface area contributed by atoms with Crippen molar-refractivity contribution >= 4 is 17.6 Å². The Morgan fingerprint density at radius 2 is 1.78 bits per heavy atom. The quantitative estimate of drug-likeness (QED) is 0.742. The van der Waals surface area contributed by atoms with E-state index in [9.17, 15) is 9.59 Å². The van der Waals surface area contributed by atoms with Crippen molar-refractivity contribution in [2.75, 3.05) is 5.32 Å². The third kappa shape index (κ3) is 3.85. The summed E-state index contributed by atoms with van der Waals surface area (Å²) in [6.07, 6.45) is -0.0932. The fourth-order valence-electron chi connectivity index (χ4n) is 1.38. The molecule has 0 bridgehead atoms. The maximum absolute atomic E-state index is 11.7. The van der Waals surface area contributed by atoms with Crippen molar-refractivity contribution in [3.63, 3.8) is 0 Å². The molecular formula is C13H17NO4. The molecule has 0 fully saturated rings. The van der Waals surface area contributed by atoms with Crippen LogP contribution in [-0.2, 0) is 16.2 Å². The number of amides is 1. The topological polar surface area (TPSA) is 86.6 Å². The van der Waals surface area contributed by atoms with Crippen LogP contribution >= 0.6 is 0 Å². The lowest BCUT2D eigenvalue weighted by Crippen LogP contribution is -2.29.